The van der Waals surface area contributed by atoms with E-state index in [9.17, 15) is 10.1 Å². The first-order valence-electron chi connectivity index (χ1n) is 7.73. The van der Waals surface area contributed by atoms with Crippen LogP contribution in [0, 0.1) is 11.3 Å². The minimum Gasteiger partial charge on any atom is -0.497 e. The number of hydrogen-bond donors (Lipinski definition) is 2. The van der Waals surface area contributed by atoms with E-state index in [4.69, 9.17) is 9.47 Å². The lowest BCUT2D eigenvalue weighted by Gasteiger charge is -2.05. The lowest BCUT2D eigenvalue weighted by molar-refractivity contribution is -0.112. The maximum atomic E-state index is 12.4. The number of nitriles is 1. The van der Waals surface area contributed by atoms with Crippen LogP contribution < -0.4 is 14.8 Å². The Hall–Kier alpha value is -3.79. The number of carbonyl (C=O) groups excluding carboxylic acids is 1. The Bertz CT molecular complexity index is 1010. The summed E-state index contributed by atoms with van der Waals surface area (Å²) in [6, 6.07) is 10.8. The van der Waals surface area contributed by atoms with Gasteiger partial charge in [-0.15, -0.1) is 0 Å². The van der Waals surface area contributed by atoms with Gasteiger partial charge in [0.05, 0.1) is 26.1 Å². The summed E-state index contributed by atoms with van der Waals surface area (Å²) in [5.74, 6) is 0.613. The highest BCUT2D eigenvalue weighted by molar-refractivity contribution is 6.10. The molecule has 3 rings (SSSR count). The van der Waals surface area contributed by atoms with E-state index in [1.165, 1.54) is 19.4 Å². The van der Waals surface area contributed by atoms with Crippen LogP contribution in [-0.2, 0) is 4.79 Å². The van der Waals surface area contributed by atoms with Crippen molar-refractivity contribution in [2.45, 2.75) is 0 Å². The van der Waals surface area contributed by atoms with Crippen molar-refractivity contribution in [1.82, 2.24) is 9.97 Å². The summed E-state index contributed by atoms with van der Waals surface area (Å²) in [4.78, 5) is 19.5. The number of anilines is 1. The maximum absolute atomic E-state index is 12.4. The minimum absolute atomic E-state index is 0.0236. The number of nitrogens with one attached hydrogen (secondary N) is 2. The minimum atomic E-state index is -0.517. The topological polar surface area (TPSA) is 100 Å². The zero-order valence-electron chi connectivity index (χ0n) is 14.2. The molecule has 1 aromatic carbocycles. The number of amides is 1. The van der Waals surface area contributed by atoms with Gasteiger partial charge in [0.25, 0.3) is 5.91 Å². The number of aromatic nitrogens is 2. The Kier molecular flexibility index (Phi) is 4.85. The van der Waals surface area contributed by atoms with E-state index >= 15 is 0 Å². The largest absolute Gasteiger partial charge is 0.497 e. The predicted molar refractivity (Wildman–Crippen MR) is 97.9 cm³/mol. The van der Waals surface area contributed by atoms with Crippen LogP contribution in [0.25, 0.3) is 17.0 Å². The van der Waals surface area contributed by atoms with Crippen molar-refractivity contribution >= 4 is 28.6 Å². The fraction of sp³-hybridized carbons (Fsp3) is 0.105. The van der Waals surface area contributed by atoms with Crippen LogP contribution in [0.15, 0.2) is 48.3 Å². The van der Waals surface area contributed by atoms with Crippen LogP contribution in [0.5, 0.6) is 11.6 Å². The number of carbonyl (C=O) groups is 1. The summed E-state index contributed by atoms with van der Waals surface area (Å²) in [6.45, 7) is 0. The molecule has 0 bridgehead atoms. The Morgan fingerprint density at radius 2 is 2.12 bits per heavy atom. The number of nitrogens with zero attached hydrogens (tertiary/aromatic N) is 2. The van der Waals surface area contributed by atoms with Crippen LogP contribution in [0.4, 0.5) is 5.69 Å². The van der Waals surface area contributed by atoms with Crippen molar-refractivity contribution in [3.8, 4) is 17.7 Å². The SMILES string of the molecule is COc1ccc2[nH]cc(C=C(C#N)C(=O)Nc3ccc(OC)nc3)c2c1. The van der Waals surface area contributed by atoms with Crippen LogP contribution >= 0.6 is 0 Å². The average Bonchev–Trinajstić information content (AvgIpc) is 3.08. The smallest absolute Gasteiger partial charge is 0.266 e. The Morgan fingerprint density at radius 3 is 2.77 bits per heavy atom. The third-order valence-electron chi connectivity index (χ3n) is 3.79. The molecule has 0 aliphatic rings. The fourth-order valence-electron chi connectivity index (χ4n) is 2.45. The number of fused-ring (bicyclic) bond motifs is 1. The first-order chi connectivity index (χ1) is 12.6. The lowest BCUT2D eigenvalue weighted by Crippen LogP contribution is -2.13. The van der Waals surface area contributed by atoms with Crippen molar-refractivity contribution in [2.75, 3.05) is 19.5 Å². The predicted octanol–water partition coefficient (Wildman–Crippen LogP) is 3.13. The molecule has 0 unspecified atom stereocenters. The average molecular weight is 348 g/mol. The van der Waals surface area contributed by atoms with Gasteiger partial charge in [-0.25, -0.2) is 4.98 Å². The zero-order chi connectivity index (χ0) is 18.5. The van der Waals surface area contributed by atoms with Crippen molar-refractivity contribution in [1.29, 1.82) is 5.26 Å². The molecule has 0 atom stereocenters. The van der Waals surface area contributed by atoms with E-state index in [-0.39, 0.29) is 5.57 Å². The van der Waals surface area contributed by atoms with Crippen LogP contribution in [-0.4, -0.2) is 30.1 Å². The Morgan fingerprint density at radius 1 is 1.27 bits per heavy atom. The van der Waals surface area contributed by atoms with Gasteiger partial charge in [-0.1, -0.05) is 0 Å². The number of pyridine rings is 1. The first-order valence-corrected chi connectivity index (χ1v) is 7.73. The molecule has 0 spiro atoms. The number of aromatic amines is 1. The molecule has 0 saturated carbocycles. The van der Waals surface area contributed by atoms with E-state index < -0.39 is 5.91 Å². The molecule has 0 aliphatic carbocycles. The summed E-state index contributed by atoms with van der Waals surface area (Å²) in [7, 11) is 3.09. The van der Waals surface area contributed by atoms with E-state index in [2.05, 4.69) is 15.3 Å². The zero-order valence-corrected chi connectivity index (χ0v) is 14.2. The van der Waals surface area contributed by atoms with E-state index in [1.54, 1.807) is 25.4 Å². The van der Waals surface area contributed by atoms with Gasteiger partial charge in [0, 0.05) is 28.7 Å². The Labute approximate surface area is 149 Å². The molecular formula is C19H16N4O3. The number of ether oxygens (including phenoxy) is 2. The van der Waals surface area contributed by atoms with Crippen molar-refractivity contribution in [3.05, 3.63) is 53.9 Å². The van der Waals surface area contributed by atoms with Crippen molar-refractivity contribution < 1.29 is 14.3 Å². The van der Waals surface area contributed by atoms with Gasteiger partial charge < -0.3 is 19.8 Å². The summed E-state index contributed by atoms with van der Waals surface area (Å²) >= 11 is 0. The molecule has 1 amide bonds. The number of methoxy groups -OCH3 is 2. The molecule has 7 heteroatoms. The highest BCUT2D eigenvalue weighted by Gasteiger charge is 2.12. The van der Waals surface area contributed by atoms with E-state index in [0.717, 1.165) is 16.5 Å². The van der Waals surface area contributed by atoms with Gasteiger partial charge in [-0.2, -0.15) is 5.26 Å². The summed E-state index contributed by atoms with van der Waals surface area (Å²) in [5, 5.41) is 12.9. The van der Waals surface area contributed by atoms with E-state index in [1.807, 2.05) is 24.3 Å². The molecular weight excluding hydrogens is 332 g/mol. The Balaban J connectivity index is 1.87. The second-order valence-corrected chi connectivity index (χ2v) is 5.37. The number of hydrogen-bond acceptors (Lipinski definition) is 5. The number of rotatable bonds is 5. The van der Waals surface area contributed by atoms with Gasteiger partial charge in [-0.3, -0.25) is 4.79 Å². The van der Waals surface area contributed by atoms with Crippen molar-refractivity contribution in [2.24, 2.45) is 0 Å². The van der Waals surface area contributed by atoms with Gasteiger partial charge in [0.1, 0.15) is 17.4 Å². The molecule has 0 saturated heterocycles. The summed E-state index contributed by atoms with van der Waals surface area (Å²) in [5.41, 5.74) is 2.05. The molecule has 0 radical (unpaired) electrons. The first kappa shape index (κ1) is 17.0. The number of benzene rings is 1. The molecule has 0 aliphatic heterocycles. The summed E-state index contributed by atoms with van der Waals surface area (Å²) in [6.07, 6.45) is 4.73. The lowest BCUT2D eigenvalue weighted by atomic mass is 10.1. The molecule has 26 heavy (non-hydrogen) atoms. The molecule has 7 nitrogen and oxygen atoms in total. The van der Waals surface area contributed by atoms with Gasteiger partial charge in [0.2, 0.25) is 5.88 Å². The molecule has 3 aromatic rings. The fourth-order valence-corrected chi connectivity index (χ4v) is 2.45. The monoisotopic (exact) mass is 348 g/mol. The van der Waals surface area contributed by atoms with Gasteiger partial charge >= 0.3 is 0 Å². The summed E-state index contributed by atoms with van der Waals surface area (Å²) < 4.78 is 10.2. The van der Waals surface area contributed by atoms with Crippen LogP contribution in [0.1, 0.15) is 5.56 Å². The third-order valence-corrected chi connectivity index (χ3v) is 3.79. The second-order valence-electron chi connectivity index (χ2n) is 5.37. The highest BCUT2D eigenvalue weighted by Crippen LogP contribution is 2.25. The molecule has 2 N–H and O–H groups in total. The standard InChI is InChI=1S/C19H16N4O3/c1-25-15-4-5-17-16(8-15)13(10-21-17)7-12(9-20)19(24)23-14-3-6-18(26-2)22-11-14/h3-8,10-11,21H,1-2H3,(H,23,24). The maximum Gasteiger partial charge on any atom is 0.266 e. The highest BCUT2D eigenvalue weighted by atomic mass is 16.5. The quantitative estimate of drug-likeness (QED) is 0.545. The van der Waals surface area contributed by atoms with Gasteiger partial charge in [-0.05, 0) is 30.3 Å². The molecule has 2 aromatic heterocycles. The van der Waals surface area contributed by atoms with E-state index in [0.29, 0.717) is 17.3 Å². The second kappa shape index (κ2) is 7.40. The van der Waals surface area contributed by atoms with Crippen LogP contribution in [0.3, 0.4) is 0 Å². The van der Waals surface area contributed by atoms with Gasteiger partial charge in [0.15, 0.2) is 0 Å². The third kappa shape index (κ3) is 3.49. The normalized spacial score (nSPS) is 11.0. The van der Waals surface area contributed by atoms with Crippen molar-refractivity contribution in [3.63, 3.8) is 0 Å². The van der Waals surface area contributed by atoms with Crippen LogP contribution in [0.2, 0.25) is 0 Å². The molecule has 2 heterocycles. The number of H-pyrrole nitrogens is 1. The molecule has 0 fully saturated rings. The molecule has 130 valence electrons.